The van der Waals surface area contributed by atoms with Gasteiger partial charge in [-0.1, -0.05) is 176 Å². The lowest BCUT2D eigenvalue weighted by molar-refractivity contribution is 0.436. The van der Waals surface area contributed by atoms with Crippen LogP contribution in [-0.2, 0) is 5.41 Å². The van der Waals surface area contributed by atoms with E-state index in [0.717, 1.165) is 63.3 Å². The van der Waals surface area contributed by atoms with Crippen molar-refractivity contribution < 1.29 is 4.74 Å². The van der Waals surface area contributed by atoms with Gasteiger partial charge in [-0.25, -0.2) is 0 Å². The standard InChI is InChI=1S/C59H46N2OS/c60-52(39-20-8-3-9-21-39)36-47(38-18-6-2-7-19-38)57(61)44-24-11-10-22-42(44)41-29-33-54-51(35-41)59(50-34-40(28-32-53(50)62-54)37-16-4-1-5-17-37)48-26-14-12-25-46(48)56-49(59)31-30-45-43-23-13-15-27-55(43)63-58(45)56/h1-8,10-20,22-36,45,52,57-58H,9,21,60-61H2/b47-36-/t45?,52?,57-,58?,59?/m1/s1. The molecule has 2 heterocycles. The van der Waals surface area contributed by atoms with Gasteiger partial charge in [-0.05, 0) is 116 Å². The van der Waals surface area contributed by atoms with Gasteiger partial charge in [-0.2, -0.15) is 0 Å². The van der Waals surface area contributed by atoms with Crippen molar-refractivity contribution in [3.8, 4) is 33.8 Å². The van der Waals surface area contributed by atoms with E-state index in [4.69, 9.17) is 16.2 Å². The number of hydrogen-bond donors (Lipinski definition) is 2. The van der Waals surface area contributed by atoms with Crippen LogP contribution in [0.3, 0.4) is 0 Å². The summed E-state index contributed by atoms with van der Waals surface area (Å²) in [5, 5.41) is 0.256. The second-order valence-corrected chi connectivity index (χ2v) is 18.4. The van der Waals surface area contributed by atoms with Crippen molar-refractivity contribution in [3.05, 3.63) is 256 Å². The van der Waals surface area contributed by atoms with Gasteiger partial charge in [-0.3, -0.25) is 0 Å². The molecule has 0 saturated heterocycles. The smallest absolute Gasteiger partial charge is 0.132 e. The lowest BCUT2D eigenvalue weighted by atomic mass is 9.63. The maximum atomic E-state index is 7.51. The average molecular weight is 831 g/mol. The van der Waals surface area contributed by atoms with Crippen LogP contribution < -0.4 is 16.2 Å². The summed E-state index contributed by atoms with van der Waals surface area (Å²) < 4.78 is 7.04. The van der Waals surface area contributed by atoms with Gasteiger partial charge in [0.25, 0.3) is 0 Å². The number of rotatable bonds is 7. The minimum atomic E-state index is -0.645. The van der Waals surface area contributed by atoms with E-state index < -0.39 is 11.5 Å². The van der Waals surface area contributed by atoms with Crippen molar-refractivity contribution in [2.45, 2.75) is 46.4 Å². The Morgan fingerprint density at radius 1 is 0.667 bits per heavy atom. The molecule has 0 bridgehead atoms. The Bertz CT molecular complexity index is 3120. The third-order valence-corrected chi connectivity index (χ3v) is 15.3. The Labute approximate surface area is 373 Å². The molecule has 304 valence electrons. The average Bonchev–Trinajstić information content (AvgIpc) is 3.88. The van der Waals surface area contributed by atoms with E-state index in [0.29, 0.717) is 5.92 Å². The summed E-state index contributed by atoms with van der Waals surface area (Å²) in [6, 6.07) is 60.8. The molecule has 4 heteroatoms. The molecule has 0 fully saturated rings. The van der Waals surface area contributed by atoms with Crippen LogP contribution in [0, 0.1) is 0 Å². The van der Waals surface area contributed by atoms with E-state index in [9.17, 15) is 0 Å². The number of allylic oxidation sites excluding steroid dienone is 6. The number of benzene rings is 7. The van der Waals surface area contributed by atoms with Crippen molar-refractivity contribution in [2.75, 3.05) is 0 Å². The maximum Gasteiger partial charge on any atom is 0.132 e. The normalized spacial score (nSPS) is 21.0. The first-order valence-corrected chi connectivity index (χ1v) is 23.0. The molecule has 5 aliphatic rings. The summed E-state index contributed by atoms with van der Waals surface area (Å²) >= 11 is 2.01. The molecule has 4 N–H and O–H groups in total. The van der Waals surface area contributed by atoms with E-state index in [1.165, 1.54) is 49.4 Å². The summed E-state index contributed by atoms with van der Waals surface area (Å²) in [5.74, 6) is 2.05. The molecule has 0 aromatic heterocycles. The fourth-order valence-corrected chi connectivity index (χ4v) is 12.5. The first-order valence-electron chi connectivity index (χ1n) is 22.1. The first kappa shape index (κ1) is 38.0. The van der Waals surface area contributed by atoms with Crippen molar-refractivity contribution in [3.63, 3.8) is 0 Å². The molecule has 0 radical (unpaired) electrons. The van der Waals surface area contributed by atoms with Crippen molar-refractivity contribution in [2.24, 2.45) is 11.5 Å². The quantitative estimate of drug-likeness (QED) is 0.168. The van der Waals surface area contributed by atoms with Crippen LogP contribution in [0.25, 0.3) is 33.4 Å². The maximum absolute atomic E-state index is 7.51. The first-order chi connectivity index (χ1) is 31.1. The predicted octanol–water partition coefficient (Wildman–Crippen LogP) is 13.7. The second kappa shape index (κ2) is 15.3. The van der Waals surface area contributed by atoms with Crippen LogP contribution >= 0.6 is 11.8 Å². The molecule has 7 aromatic carbocycles. The molecule has 63 heavy (non-hydrogen) atoms. The molecule has 3 nitrogen and oxygen atoms in total. The fourth-order valence-electron chi connectivity index (χ4n) is 11.0. The molecule has 4 unspecified atom stereocenters. The van der Waals surface area contributed by atoms with Gasteiger partial charge < -0.3 is 16.2 Å². The molecule has 12 rings (SSSR count). The van der Waals surface area contributed by atoms with E-state index in [-0.39, 0.29) is 11.3 Å². The van der Waals surface area contributed by atoms with Gasteiger partial charge in [0.1, 0.15) is 11.5 Å². The van der Waals surface area contributed by atoms with Gasteiger partial charge >= 0.3 is 0 Å². The number of nitrogens with two attached hydrogens (primary N) is 2. The highest BCUT2D eigenvalue weighted by Crippen LogP contribution is 2.67. The van der Waals surface area contributed by atoms with Gasteiger partial charge in [0.05, 0.1) is 11.5 Å². The van der Waals surface area contributed by atoms with E-state index in [1.54, 1.807) is 0 Å². The molecular formula is C59H46N2OS. The lowest BCUT2D eigenvalue weighted by Gasteiger charge is -2.41. The van der Waals surface area contributed by atoms with Crippen LogP contribution in [0.4, 0.5) is 0 Å². The third kappa shape index (κ3) is 6.04. The minimum Gasteiger partial charge on any atom is -0.457 e. The molecule has 5 atom stereocenters. The molecule has 3 aliphatic carbocycles. The summed E-state index contributed by atoms with van der Waals surface area (Å²) in [7, 11) is 0. The highest BCUT2D eigenvalue weighted by molar-refractivity contribution is 8.00. The van der Waals surface area contributed by atoms with E-state index in [1.807, 2.05) is 11.8 Å². The largest absolute Gasteiger partial charge is 0.457 e. The molecule has 1 spiro atoms. The number of ether oxygens (including phenoxy) is 1. The molecule has 7 aromatic rings. The number of hydrogen-bond acceptors (Lipinski definition) is 4. The van der Waals surface area contributed by atoms with E-state index in [2.05, 4.69) is 206 Å². The Morgan fingerprint density at radius 3 is 2.14 bits per heavy atom. The van der Waals surface area contributed by atoms with Gasteiger partial charge in [0, 0.05) is 33.2 Å². The zero-order valence-corrected chi connectivity index (χ0v) is 35.6. The Morgan fingerprint density at radius 2 is 1.35 bits per heavy atom. The Balaban J connectivity index is 1.07. The lowest BCUT2D eigenvalue weighted by Crippen LogP contribution is -2.33. The highest BCUT2D eigenvalue weighted by Gasteiger charge is 2.55. The molecule has 0 saturated carbocycles. The molecule has 2 aliphatic heterocycles. The van der Waals surface area contributed by atoms with Crippen molar-refractivity contribution in [1.29, 1.82) is 0 Å². The monoisotopic (exact) mass is 830 g/mol. The number of thioether (sulfide) groups is 1. The topological polar surface area (TPSA) is 61.3 Å². The fraction of sp³-hybridized carbons (Fsp3) is 0.119. The second-order valence-electron chi connectivity index (χ2n) is 17.3. The zero-order valence-electron chi connectivity index (χ0n) is 34.8. The van der Waals surface area contributed by atoms with Crippen molar-refractivity contribution >= 4 is 22.9 Å². The van der Waals surface area contributed by atoms with Crippen LogP contribution in [0.5, 0.6) is 11.5 Å². The summed E-state index contributed by atoms with van der Waals surface area (Å²) in [5.41, 5.74) is 31.8. The summed E-state index contributed by atoms with van der Waals surface area (Å²) in [6.07, 6.45) is 15.5. The van der Waals surface area contributed by atoms with Crippen LogP contribution in [0.2, 0.25) is 0 Å². The summed E-state index contributed by atoms with van der Waals surface area (Å²) in [6.45, 7) is 0. The Kier molecular flexibility index (Phi) is 9.23. The zero-order chi connectivity index (χ0) is 42.1. The molecular weight excluding hydrogens is 785 g/mol. The Hall–Kier alpha value is -6.69. The summed E-state index contributed by atoms with van der Waals surface area (Å²) in [4.78, 5) is 1.37. The van der Waals surface area contributed by atoms with Crippen LogP contribution in [-0.4, -0.2) is 11.3 Å². The number of fused-ring (bicyclic) bond motifs is 12. The van der Waals surface area contributed by atoms with Gasteiger partial charge in [0.2, 0.25) is 0 Å². The van der Waals surface area contributed by atoms with E-state index >= 15 is 0 Å². The van der Waals surface area contributed by atoms with Crippen LogP contribution in [0.15, 0.2) is 222 Å². The third-order valence-electron chi connectivity index (χ3n) is 13.9. The van der Waals surface area contributed by atoms with Gasteiger partial charge in [0.15, 0.2) is 0 Å². The highest BCUT2D eigenvalue weighted by atomic mass is 32.2. The van der Waals surface area contributed by atoms with Gasteiger partial charge in [-0.15, -0.1) is 11.8 Å². The van der Waals surface area contributed by atoms with Crippen LogP contribution in [0.1, 0.15) is 63.7 Å². The SMILES string of the molecule is NC(/C=C(/c1ccccc1)[C@H](N)c1ccccc1-c1ccc2c(c1)C1(C3=C(c4ccccc41)C1Sc4ccccc4C1C=C3)c1cc(-c3ccccc3)ccc1O2)C1=CC=CCC1. The minimum absolute atomic E-state index is 0.246. The predicted molar refractivity (Wildman–Crippen MR) is 261 cm³/mol. The van der Waals surface area contributed by atoms with Crippen molar-refractivity contribution in [1.82, 2.24) is 0 Å². The molecule has 0 amide bonds.